The molecule has 5 heteroatoms. The minimum absolute atomic E-state index is 0.105. The Morgan fingerprint density at radius 1 is 1.09 bits per heavy atom. The molecule has 0 radical (unpaired) electrons. The molecule has 3 N–H and O–H groups in total. The third-order valence-electron chi connectivity index (χ3n) is 2.89. The highest BCUT2D eigenvalue weighted by Gasteiger charge is 2.03. The van der Waals surface area contributed by atoms with Crippen molar-refractivity contribution in [2.75, 3.05) is 17.2 Å². The van der Waals surface area contributed by atoms with Crippen molar-refractivity contribution in [1.82, 2.24) is 0 Å². The Morgan fingerprint density at radius 3 is 2.41 bits per heavy atom. The number of anilines is 2. The number of allylic oxidation sites excluding steroid dienone is 1. The first-order valence-corrected chi connectivity index (χ1v) is 6.67. The topological polar surface area (TPSA) is 85.2 Å². The maximum Gasteiger partial charge on any atom is 0.243 e. The van der Waals surface area contributed by atoms with E-state index in [1.165, 1.54) is 0 Å². The van der Waals surface area contributed by atoms with Crippen molar-refractivity contribution >= 4 is 23.0 Å². The maximum atomic E-state index is 11.8. The number of hydrogen-bond donors (Lipinski definition) is 3. The number of nitriles is 1. The van der Waals surface area contributed by atoms with E-state index in [4.69, 9.17) is 5.26 Å². The van der Waals surface area contributed by atoms with Gasteiger partial charge in [-0.25, -0.2) is 0 Å². The van der Waals surface area contributed by atoms with Crippen molar-refractivity contribution in [3.63, 3.8) is 0 Å². The minimum atomic E-state index is -0.173. The fraction of sp³-hybridized carbons (Fsp3) is 0.0588. The standard InChI is InChI=1S/C17H15N3O2/c18-11-10-16(21)13-6-8-15(9-7-13)20-17(22)12-19-14-4-2-1-3-5-14/h1-10,19,21H,12H2,(H,20,22)/b16-10-. The summed E-state index contributed by atoms with van der Waals surface area (Å²) in [6, 6.07) is 17.8. The number of amides is 1. The summed E-state index contributed by atoms with van der Waals surface area (Å²) in [6.07, 6.45) is 1.05. The highest BCUT2D eigenvalue weighted by Crippen LogP contribution is 2.15. The van der Waals surface area contributed by atoms with Gasteiger partial charge in [0.15, 0.2) is 0 Å². The average molecular weight is 293 g/mol. The van der Waals surface area contributed by atoms with Gasteiger partial charge in [-0.3, -0.25) is 4.79 Å². The van der Waals surface area contributed by atoms with Gasteiger partial charge >= 0.3 is 0 Å². The summed E-state index contributed by atoms with van der Waals surface area (Å²) in [6.45, 7) is 0.158. The van der Waals surface area contributed by atoms with Gasteiger partial charge in [-0.2, -0.15) is 5.26 Å². The molecule has 0 spiro atoms. The van der Waals surface area contributed by atoms with Crippen molar-refractivity contribution in [2.24, 2.45) is 0 Å². The van der Waals surface area contributed by atoms with E-state index in [2.05, 4.69) is 10.6 Å². The molecule has 22 heavy (non-hydrogen) atoms. The molecule has 5 nitrogen and oxygen atoms in total. The summed E-state index contributed by atoms with van der Waals surface area (Å²) in [5.74, 6) is -0.278. The molecule has 2 aromatic carbocycles. The summed E-state index contributed by atoms with van der Waals surface area (Å²) < 4.78 is 0. The second kappa shape index (κ2) is 7.50. The third kappa shape index (κ3) is 4.39. The molecule has 0 saturated heterocycles. The lowest BCUT2D eigenvalue weighted by atomic mass is 10.1. The SMILES string of the molecule is N#C/C=C(\O)c1ccc(NC(=O)CNc2ccccc2)cc1. The van der Waals surface area contributed by atoms with Crippen LogP contribution in [0.3, 0.4) is 0 Å². The van der Waals surface area contributed by atoms with Crippen LogP contribution in [-0.2, 0) is 4.79 Å². The zero-order valence-corrected chi connectivity index (χ0v) is 11.8. The van der Waals surface area contributed by atoms with Gasteiger partial charge in [-0.05, 0) is 36.4 Å². The minimum Gasteiger partial charge on any atom is -0.507 e. The van der Waals surface area contributed by atoms with Crippen molar-refractivity contribution in [1.29, 1.82) is 5.26 Å². The molecule has 0 fully saturated rings. The zero-order valence-electron chi connectivity index (χ0n) is 11.8. The Morgan fingerprint density at radius 2 is 1.77 bits per heavy atom. The molecule has 0 atom stereocenters. The van der Waals surface area contributed by atoms with E-state index in [1.54, 1.807) is 30.3 Å². The summed E-state index contributed by atoms with van der Waals surface area (Å²) in [5, 5.41) is 23.8. The molecule has 1 amide bonds. The van der Waals surface area contributed by atoms with Gasteiger partial charge in [-0.15, -0.1) is 0 Å². The molecule has 0 unspecified atom stereocenters. The number of nitrogens with zero attached hydrogens (tertiary/aromatic N) is 1. The lowest BCUT2D eigenvalue weighted by molar-refractivity contribution is -0.114. The van der Waals surface area contributed by atoms with Crippen LogP contribution in [0.5, 0.6) is 0 Å². The number of carbonyl (C=O) groups is 1. The van der Waals surface area contributed by atoms with Crippen LogP contribution >= 0.6 is 0 Å². The fourth-order valence-corrected chi connectivity index (χ4v) is 1.81. The third-order valence-corrected chi connectivity index (χ3v) is 2.89. The van der Waals surface area contributed by atoms with Gasteiger partial charge in [0, 0.05) is 16.9 Å². The van der Waals surface area contributed by atoms with Gasteiger partial charge < -0.3 is 15.7 Å². The predicted molar refractivity (Wildman–Crippen MR) is 86.2 cm³/mol. The lowest BCUT2D eigenvalue weighted by Crippen LogP contribution is -2.21. The monoisotopic (exact) mass is 293 g/mol. The zero-order chi connectivity index (χ0) is 15.8. The number of carbonyl (C=O) groups excluding carboxylic acids is 1. The van der Waals surface area contributed by atoms with Gasteiger partial charge in [0.05, 0.1) is 18.7 Å². The van der Waals surface area contributed by atoms with E-state index in [9.17, 15) is 9.90 Å². The number of hydrogen-bond acceptors (Lipinski definition) is 4. The Hall–Kier alpha value is -3.26. The molecular formula is C17H15N3O2. The van der Waals surface area contributed by atoms with Crippen molar-refractivity contribution in [3.05, 3.63) is 66.2 Å². The highest BCUT2D eigenvalue weighted by atomic mass is 16.3. The van der Waals surface area contributed by atoms with Crippen LogP contribution in [0.1, 0.15) is 5.56 Å². The van der Waals surface area contributed by atoms with E-state index in [-0.39, 0.29) is 18.2 Å². The summed E-state index contributed by atoms with van der Waals surface area (Å²) in [5.41, 5.74) is 2.01. The Kier molecular flexibility index (Phi) is 5.16. The smallest absolute Gasteiger partial charge is 0.243 e. The molecule has 0 aliphatic rings. The van der Waals surface area contributed by atoms with E-state index in [0.717, 1.165) is 11.8 Å². The molecule has 0 heterocycles. The first-order chi connectivity index (χ1) is 10.7. The molecule has 0 aromatic heterocycles. The quantitative estimate of drug-likeness (QED) is 0.584. The first-order valence-electron chi connectivity index (χ1n) is 6.67. The number of nitrogens with one attached hydrogen (secondary N) is 2. The number of benzene rings is 2. The van der Waals surface area contributed by atoms with Crippen LogP contribution in [0.2, 0.25) is 0 Å². The first kappa shape index (κ1) is 15.1. The molecule has 0 aliphatic heterocycles. The van der Waals surface area contributed by atoms with Crippen molar-refractivity contribution in [3.8, 4) is 6.07 Å². The Balaban J connectivity index is 1.89. The molecule has 2 aromatic rings. The summed E-state index contributed by atoms with van der Waals surface area (Å²) in [4.78, 5) is 11.8. The maximum absolute atomic E-state index is 11.8. The number of aliphatic hydroxyl groups excluding tert-OH is 1. The number of aliphatic hydroxyl groups is 1. The molecule has 110 valence electrons. The molecular weight excluding hydrogens is 278 g/mol. The summed E-state index contributed by atoms with van der Waals surface area (Å²) >= 11 is 0. The van der Waals surface area contributed by atoms with Gasteiger partial charge in [0.2, 0.25) is 5.91 Å². The van der Waals surface area contributed by atoms with E-state index >= 15 is 0 Å². The predicted octanol–water partition coefficient (Wildman–Crippen LogP) is 3.16. The Bertz CT molecular complexity index is 701. The van der Waals surface area contributed by atoms with Gasteiger partial charge in [0.25, 0.3) is 0 Å². The van der Waals surface area contributed by atoms with E-state index in [1.807, 2.05) is 30.3 Å². The molecule has 0 saturated carbocycles. The normalized spacial score (nSPS) is 10.6. The highest BCUT2D eigenvalue weighted by molar-refractivity contribution is 5.93. The number of rotatable bonds is 5. The lowest BCUT2D eigenvalue weighted by Gasteiger charge is -2.08. The van der Waals surface area contributed by atoms with Crippen LogP contribution < -0.4 is 10.6 Å². The molecule has 0 aliphatic carbocycles. The second-order valence-corrected chi connectivity index (χ2v) is 4.50. The fourth-order valence-electron chi connectivity index (χ4n) is 1.81. The largest absolute Gasteiger partial charge is 0.507 e. The van der Waals surface area contributed by atoms with Crippen LogP contribution in [0.25, 0.3) is 5.76 Å². The molecule has 2 rings (SSSR count). The second-order valence-electron chi connectivity index (χ2n) is 4.50. The summed E-state index contributed by atoms with van der Waals surface area (Å²) in [7, 11) is 0. The van der Waals surface area contributed by atoms with Crippen LogP contribution in [0.4, 0.5) is 11.4 Å². The van der Waals surface area contributed by atoms with E-state index in [0.29, 0.717) is 11.3 Å². The number of para-hydroxylation sites is 1. The molecule has 0 bridgehead atoms. The van der Waals surface area contributed by atoms with E-state index < -0.39 is 0 Å². The van der Waals surface area contributed by atoms with Crippen molar-refractivity contribution < 1.29 is 9.90 Å². The van der Waals surface area contributed by atoms with Crippen LogP contribution in [0.15, 0.2) is 60.7 Å². The van der Waals surface area contributed by atoms with Gasteiger partial charge in [-0.1, -0.05) is 18.2 Å². The van der Waals surface area contributed by atoms with Crippen LogP contribution in [0, 0.1) is 11.3 Å². The Labute approximate surface area is 128 Å². The average Bonchev–Trinajstić information content (AvgIpc) is 2.55. The van der Waals surface area contributed by atoms with Gasteiger partial charge in [0.1, 0.15) is 5.76 Å². The van der Waals surface area contributed by atoms with Crippen LogP contribution in [-0.4, -0.2) is 17.6 Å². The van der Waals surface area contributed by atoms with Crippen molar-refractivity contribution in [2.45, 2.75) is 0 Å².